The van der Waals surface area contributed by atoms with Gasteiger partial charge in [-0.15, -0.1) is 0 Å². The largest absolute Gasteiger partial charge is 0.374 e. The van der Waals surface area contributed by atoms with Gasteiger partial charge in [0.15, 0.2) is 0 Å². The van der Waals surface area contributed by atoms with E-state index in [1.807, 2.05) is 0 Å². The van der Waals surface area contributed by atoms with E-state index >= 15 is 0 Å². The Morgan fingerprint density at radius 1 is 1.25 bits per heavy atom. The normalized spacial score (nSPS) is 21.0. The summed E-state index contributed by atoms with van der Waals surface area (Å²) < 4.78 is 32.7. The van der Waals surface area contributed by atoms with Gasteiger partial charge in [0.2, 0.25) is 10.0 Å². The van der Waals surface area contributed by atoms with Crippen LogP contribution in [0.4, 0.5) is 10.5 Å². The molecule has 12 heteroatoms. The monoisotopic (exact) mass is 469 g/mol. The van der Waals surface area contributed by atoms with Crippen molar-refractivity contribution in [2.75, 3.05) is 59.0 Å². The van der Waals surface area contributed by atoms with Crippen molar-refractivity contribution in [1.29, 1.82) is 0 Å². The van der Waals surface area contributed by atoms with E-state index in [2.05, 4.69) is 24.1 Å². The fourth-order valence-electron chi connectivity index (χ4n) is 3.94. The third-order valence-corrected chi connectivity index (χ3v) is 7.41. The van der Waals surface area contributed by atoms with Gasteiger partial charge < -0.3 is 15.0 Å². The number of nitrogens with zero attached hydrogens (tertiary/aromatic N) is 4. The van der Waals surface area contributed by atoms with Gasteiger partial charge in [-0.1, -0.05) is 19.9 Å². The van der Waals surface area contributed by atoms with Crippen molar-refractivity contribution in [1.82, 2.24) is 19.4 Å². The van der Waals surface area contributed by atoms with Gasteiger partial charge in [-0.2, -0.15) is 4.31 Å². The molecule has 11 nitrogen and oxygen atoms in total. The zero-order chi connectivity index (χ0) is 23.3. The van der Waals surface area contributed by atoms with Crippen molar-refractivity contribution in [3.05, 3.63) is 34.4 Å². The van der Waals surface area contributed by atoms with E-state index in [1.54, 1.807) is 4.90 Å². The molecule has 1 aromatic carbocycles. The molecule has 2 aliphatic rings. The Bertz CT molecular complexity index is 917. The van der Waals surface area contributed by atoms with Crippen LogP contribution in [0, 0.1) is 16.0 Å². The van der Waals surface area contributed by atoms with Crippen molar-refractivity contribution in [2.24, 2.45) is 5.92 Å². The van der Waals surface area contributed by atoms with Crippen LogP contribution in [-0.2, 0) is 14.8 Å². The van der Waals surface area contributed by atoms with Crippen LogP contribution in [0.25, 0.3) is 0 Å². The molecule has 0 radical (unpaired) electrons. The number of urea groups is 1. The maximum Gasteiger partial charge on any atom is 0.317 e. The van der Waals surface area contributed by atoms with E-state index in [4.69, 9.17) is 4.74 Å². The topological polar surface area (TPSA) is 125 Å². The molecule has 1 atom stereocenters. The highest BCUT2D eigenvalue weighted by Gasteiger charge is 2.31. The number of amides is 2. The predicted molar refractivity (Wildman–Crippen MR) is 118 cm³/mol. The summed E-state index contributed by atoms with van der Waals surface area (Å²) >= 11 is 0. The van der Waals surface area contributed by atoms with Gasteiger partial charge in [0.1, 0.15) is 0 Å². The molecular formula is C20H31N5O6S. The first-order valence-electron chi connectivity index (χ1n) is 10.8. The lowest BCUT2D eigenvalue weighted by Crippen LogP contribution is -2.55. The summed E-state index contributed by atoms with van der Waals surface area (Å²) in [6.07, 6.45) is -0.0676. The molecule has 2 heterocycles. The number of morpholine rings is 1. The maximum absolute atomic E-state index is 12.8. The first-order chi connectivity index (χ1) is 15.2. The molecule has 32 heavy (non-hydrogen) atoms. The number of carbonyl (C=O) groups excluding carboxylic acids is 1. The first kappa shape index (κ1) is 24.4. The summed E-state index contributed by atoms with van der Waals surface area (Å²) in [6.45, 7) is 8.78. The van der Waals surface area contributed by atoms with E-state index in [0.717, 1.165) is 25.7 Å². The van der Waals surface area contributed by atoms with Crippen LogP contribution < -0.4 is 5.32 Å². The first-order valence-corrected chi connectivity index (χ1v) is 12.2. The minimum absolute atomic E-state index is 0.0676. The molecule has 178 valence electrons. The molecule has 1 unspecified atom stereocenters. The molecule has 2 saturated heterocycles. The number of piperazine rings is 1. The summed E-state index contributed by atoms with van der Waals surface area (Å²) in [6, 6.07) is 4.75. The molecule has 0 spiro atoms. The molecule has 2 aliphatic heterocycles. The van der Waals surface area contributed by atoms with Crippen LogP contribution in [0.1, 0.15) is 13.8 Å². The highest BCUT2D eigenvalue weighted by molar-refractivity contribution is 7.89. The number of ether oxygens (including phenoxy) is 1. The van der Waals surface area contributed by atoms with Crippen molar-refractivity contribution in [3.8, 4) is 0 Å². The number of rotatable bonds is 7. The fraction of sp³-hybridized carbons (Fsp3) is 0.650. The fourth-order valence-corrected chi connectivity index (χ4v) is 5.40. The number of hydrogen-bond donors (Lipinski definition) is 1. The van der Waals surface area contributed by atoms with Crippen LogP contribution in [0.2, 0.25) is 0 Å². The number of sulfonamides is 1. The molecular weight excluding hydrogens is 438 g/mol. The maximum atomic E-state index is 12.8. The van der Waals surface area contributed by atoms with Gasteiger partial charge in [-0.25, -0.2) is 13.2 Å². The lowest BCUT2D eigenvalue weighted by molar-refractivity contribution is -0.385. The molecule has 2 fully saturated rings. The second kappa shape index (κ2) is 10.6. The Labute approximate surface area is 188 Å². The number of non-ortho nitro benzene ring substituents is 1. The standard InChI is InChI=1S/C20H31N5O6S/c1-16(2)14-22-10-11-31-18(15-22)13-21-20(26)23-6-8-24(9-7-23)32(29,30)19-5-3-4-17(12-19)25(27)28/h3-5,12,16,18H,6-11,13-15H2,1-2H3,(H,21,26). The number of nitro groups is 1. The predicted octanol–water partition coefficient (Wildman–Crippen LogP) is 0.968. The Kier molecular flexibility index (Phi) is 8.04. The summed E-state index contributed by atoms with van der Waals surface area (Å²) in [7, 11) is -3.87. The van der Waals surface area contributed by atoms with Crippen molar-refractivity contribution >= 4 is 21.7 Å². The van der Waals surface area contributed by atoms with E-state index in [9.17, 15) is 23.3 Å². The second-order valence-corrected chi connectivity index (χ2v) is 10.4. The summed E-state index contributed by atoms with van der Waals surface area (Å²) in [5, 5.41) is 13.8. The molecule has 0 bridgehead atoms. The minimum atomic E-state index is -3.87. The number of benzene rings is 1. The third kappa shape index (κ3) is 6.15. The number of carbonyl (C=O) groups is 1. The highest BCUT2D eigenvalue weighted by atomic mass is 32.2. The van der Waals surface area contributed by atoms with Crippen LogP contribution in [0.3, 0.4) is 0 Å². The SMILES string of the molecule is CC(C)CN1CCOC(CNC(=O)N2CCN(S(=O)(=O)c3cccc([N+](=O)[O-])c3)CC2)C1. The van der Waals surface area contributed by atoms with Crippen LogP contribution in [0.15, 0.2) is 29.2 Å². The Balaban J connectivity index is 1.49. The number of nitrogens with one attached hydrogen (secondary N) is 1. The lowest BCUT2D eigenvalue weighted by atomic mass is 10.2. The smallest absolute Gasteiger partial charge is 0.317 e. The third-order valence-electron chi connectivity index (χ3n) is 5.52. The summed E-state index contributed by atoms with van der Waals surface area (Å²) in [4.78, 5) is 26.7. The molecule has 1 aromatic rings. The molecule has 1 N–H and O–H groups in total. The quantitative estimate of drug-likeness (QED) is 0.466. The van der Waals surface area contributed by atoms with E-state index in [-0.39, 0.29) is 48.9 Å². The Morgan fingerprint density at radius 2 is 1.97 bits per heavy atom. The number of nitro benzene ring substituents is 1. The van der Waals surface area contributed by atoms with Gasteiger partial charge in [-0.3, -0.25) is 15.0 Å². The van der Waals surface area contributed by atoms with Gasteiger partial charge in [0.05, 0.1) is 22.5 Å². The van der Waals surface area contributed by atoms with Crippen LogP contribution in [-0.4, -0.2) is 98.5 Å². The Hall–Kier alpha value is -2.28. The van der Waals surface area contributed by atoms with Gasteiger partial charge >= 0.3 is 6.03 Å². The van der Waals surface area contributed by atoms with Gasteiger partial charge in [0.25, 0.3) is 5.69 Å². The molecule has 0 saturated carbocycles. The molecule has 2 amide bonds. The zero-order valence-electron chi connectivity index (χ0n) is 18.5. The molecule has 3 rings (SSSR count). The average molecular weight is 470 g/mol. The van der Waals surface area contributed by atoms with Crippen LogP contribution >= 0.6 is 0 Å². The van der Waals surface area contributed by atoms with Crippen molar-refractivity contribution < 1.29 is 22.9 Å². The zero-order valence-corrected chi connectivity index (χ0v) is 19.3. The van der Waals surface area contributed by atoms with E-state index in [1.165, 1.54) is 22.5 Å². The van der Waals surface area contributed by atoms with E-state index in [0.29, 0.717) is 19.1 Å². The number of hydrogen-bond acceptors (Lipinski definition) is 7. The summed E-state index contributed by atoms with van der Waals surface area (Å²) in [5.41, 5.74) is -0.277. The van der Waals surface area contributed by atoms with Crippen LogP contribution in [0.5, 0.6) is 0 Å². The summed E-state index contributed by atoms with van der Waals surface area (Å²) in [5.74, 6) is 0.568. The average Bonchev–Trinajstić information content (AvgIpc) is 2.77. The Morgan fingerprint density at radius 3 is 2.62 bits per heavy atom. The van der Waals surface area contributed by atoms with E-state index < -0.39 is 14.9 Å². The molecule has 0 aromatic heterocycles. The molecule has 0 aliphatic carbocycles. The van der Waals surface area contributed by atoms with Gasteiger partial charge in [-0.05, 0) is 12.0 Å². The second-order valence-electron chi connectivity index (χ2n) is 8.48. The van der Waals surface area contributed by atoms with Gasteiger partial charge in [0, 0.05) is 64.5 Å². The lowest BCUT2D eigenvalue weighted by Gasteiger charge is -2.36. The minimum Gasteiger partial charge on any atom is -0.374 e. The van der Waals surface area contributed by atoms with Crippen molar-refractivity contribution in [3.63, 3.8) is 0 Å². The highest BCUT2D eigenvalue weighted by Crippen LogP contribution is 2.22. The van der Waals surface area contributed by atoms with Crippen molar-refractivity contribution in [2.45, 2.75) is 24.8 Å².